The van der Waals surface area contributed by atoms with E-state index in [1.807, 2.05) is 0 Å². The van der Waals surface area contributed by atoms with E-state index in [0.717, 1.165) is 4.90 Å². The minimum absolute atomic E-state index is 0.246. The van der Waals surface area contributed by atoms with Crippen molar-refractivity contribution in [3.63, 3.8) is 0 Å². The molecule has 0 radical (unpaired) electrons. The summed E-state index contributed by atoms with van der Waals surface area (Å²) < 4.78 is 17.8. The number of thioether (sulfide) groups is 1. The maximum atomic E-state index is 12.7. The van der Waals surface area contributed by atoms with Crippen LogP contribution in [0.1, 0.15) is 25.1 Å². The van der Waals surface area contributed by atoms with E-state index in [-0.39, 0.29) is 11.9 Å². The van der Waals surface area contributed by atoms with Gasteiger partial charge in [-0.25, -0.2) is 4.39 Å². The van der Waals surface area contributed by atoms with Crippen molar-refractivity contribution in [1.29, 1.82) is 0 Å². The number of nitrogens with zero attached hydrogens (tertiary/aromatic N) is 2. The fraction of sp³-hybridized carbons (Fsp3) is 0.385. The van der Waals surface area contributed by atoms with Gasteiger partial charge in [-0.3, -0.25) is 0 Å². The fourth-order valence-corrected chi connectivity index (χ4v) is 2.20. The molecule has 0 aliphatic heterocycles. The summed E-state index contributed by atoms with van der Waals surface area (Å²) in [6.07, 6.45) is 0.808. The van der Waals surface area contributed by atoms with E-state index in [2.05, 4.69) is 10.1 Å². The van der Waals surface area contributed by atoms with Crippen LogP contribution in [0.5, 0.6) is 0 Å². The highest BCUT2D eigenvalue weighted by Crippen LogP contribution is 2.21. The summed E-state index contributed by atoms with van der Waals surface area (Å²) in [5.74, 6) is 1.47. The van der Waals surface area contributed by atoms with E-state index >= 15 is 0 Å². The first kappa shape index (κ1) is 14.0. The van der Waals surface area contributed by atoms with Crippen molar-refractivity contribution in [2.75, 3.05) is 0 Å². The zero-order chi connectivity index (χ0) is 13.7. The van der Waals surface area contributed by atoms with Crippen LogP contribution < -0.4 is 0 Å². The third-order valence-electron chi connectivity index (χ3n) is 2.47. The average Bonchev–Trinajstić information content (AvgIpc) is 2.84. The number of halogens is 1. The van der Waals surface area contributed by atoms with E-state index in [4.69, 9.17) is 4.52 Å². The molecule has 1 N–H and O–H groups in total. The molecule has 2 aromatic rings. The van der Waals surface area contributed by atoms with Crippen LogP contribution in [-0.2, 0) is 12.2 Å². The van der Waals surface area contributed by atoms with Crippen molar-refractivity contribution < 1.29 is 14.0 Å². The summed E-state index contributed by atoms with van der Waals surface area (Å²) >= 11 is 1.52. The minimum Gasteiger partial charge on any atom is -0.393 e. The molecule has 19 heavy (non-hydrogen) atoms. The van der Waals surface area contributed by atoms with Crippen molar-refractivity contribution in [2.45, 2.75) is 36.5 Å². The SMILES string of the molecule is CC(O)CCc1nc(CSc2ccc(F)cc2)no1. The Hall–Kier alpha value is -1.40. The van der Waals surface area contributed by atoms with Gasteiger partial charge in [0.15, 0.2) is 5.82 Å². The summed E-state index contributed by atoms with van der Waals surface area (Å²) in [6, 6.07) is 6.28. The van der Waals surface area contributed by atoms with Crippen LogP contribution >= 0.6 is 11.8 Å². The second-order valence-corrected chi connectivity index (χ2v) is 5.28. The highest BCUT2D eigenvalue weighted by atomic mass is 32.2. The van der Waals surface area contributed by atoms with E-state index in [1.54, 1.807) is 19.1 Å². The van der Waals surface area contributed by atoms with Gasteiger partial charge in [0.05, 0.1) is 11.9 Å². The molecule has 2 rings (SSSR count). The van der Waals surface area contributed by atoms with E-state index in [1.165, 1.54) is 23.9 Å². The van der Waals surface area contributed by atoms with Gasteiger partial charge < -0.3 is 9.63 Å². The lowest BCUT2D eigenvalue weighted by molar-refractivity contribution is 0.180. The Balaban J connectivity index is 1.84. The second-order valence-electron chi connectivity index (χ2n) is 4.23. The van der Waals surface area contributed by atoms with Crippen LogP contribution in [-0.4, -0.2) is 21.4 Å². The molecular weight excluding hydrogens is 267 g/mol. The third kappa shape index (κ3) is 4.65. The van der Waals surface area contributed by atoms with Crippen LogP contribution in [0.15, 0.2) is 33.7 Å². The summed E-state index contributed by atoms with van der Waals surface area (Å²) in [6.45, 7) is 1.72. The molecule has 102 valence electrons. The molecule has 0 spiro atoms. The predicted octanol–water partition coefficient (Wildman–Crippen LogP) is 2.81. The number of aliphatic hydroxyl groups is 1. The molecule has 0 saturated heterocycles. The number of rotatable bonds is 6. The number of hydrogen-bond acceptors (Lipinski definition) is 5. The van der Waals surface area contributed by atoms with Crippen LogP contribution in [0.25, 0.3) is 0 Å². The molecule has 1 aromatic carbocycles. The Morgan fingerprint density at radius 1 is 1.37 bits per heavy atom. The lowest BCUT2D eigenvalue weighted by Crippen LogP contribution is -2.01. The number of benzene rings is 1. The second kappa shape index (κ2) is 6.68. The lowest BCUT2D eigenvalue weighted by atomic mass is 10.2. The molecule has 0 amide bonds. The molecule has 6 heteroatoms. The van der Waals surface area contributed by atoms with Gasteiger partial charge in [-0.1, -0.05) is 5.16 Å². The molecule has 0 aliphatic rings. The van der Waals surface area contributed by atoms with E-state index < -0.39 is 0 Å². The summed E-state index contributed by atoms with van der Waals surface area (Å²) in [5, 5.41) is 13.0. The Morgan fingerprint density at radius 3 is 2.79 bits per heavy atom. The molecule has 0 bridgehead atoms. The average molecular weight is 282 g/mol. The quantitative estimate of drug-likeness (QED) is 0.826. The molecule has 1 heterocycles. The maximum Gasteiger partial charge on any atom is 0.226 e. The molecular formula is C13H15FN2O2S. The van der Waals surface area contributed by atoms with Crippen molar-refractivity contribution in [3.05, 3.63) is 41.8 Å². The topological polar surface area (TPSA) is 59.2 Å². The van der Waals surface area contributed by atoms with Crippen molar-refractivity contribution in [3.8, 4) is 0 Å². The van der Waals surface area contributed by atoms with Crippen molar-refractivity contribution >= 4 is 11.8 Å². The van der Waals surface area contributed by atoms with Gasteiger partial charge >= 0.3 is 0 Å². The molecule has 1 unspecified atom stereocenters. The van der Waals surface area contributed by atoms with Crippen LogP contribution in [0.3, 0.4) is 0 Å². The molecule has 1 aromatic heterocycles. The Bertz CT molecular complexity index is 514. The summed E-state index contributed by atoms with van der Waals surface area (Å²) in [4.78, 5) is 5.19. The van der Waals surface area contributed by atoms with Gasteiger partial charge in [0.25, 0.3) is 0 Å². The predicted molar refractivity (Wildman–Crippen MR) is 70.3 cm³/mol. The first-order valence-corrected chi connectivity index (χ1v) is 7.00. The van der Waals surface area contributed by atoms with Gasteiger partial charge in [0, 0.05) is 11.3 Å². The molecule has 0 fully saturated rings. The largest absolute Gasteiger partial charge is 0.393 e. The Labute approximate surface area is 115 Å². The van der Waals surface area contributed by atoms with Crippen LogP contribution in [0, 0.1) is 5.82 Å². The smallest absolute Gasteiger partial charge is 0.226 e. The van der Waals surface area contributed by atoms with Crippen molar-refractivity contribution in [1.82, 2.24) is 10.1 Å². The number of aliphatic hydroxyl groups excluding tert-OH is 1. The number of aromatic nitrogens is 2. The first-order chi connectivity index (χ1) is 9.13. The molecule has 1 atom stereocenters. The van der Waals surface area contributed by atoms with Gasteiger partial charge in [-0.15, -0.1) is 11.8 Å². The Kier molecular flexibility index (Phi) is 4.93. The lowest BCUT2D eigenvalue weighted by Gasteiger charge is -1.98. The van der Waals surface area contributed by atoms with Gasteiger partial charge in [-0.2, -0.15) is 4.98 Å². The van der Waals surface area contributed by atoms with Crippen LogP contribution in [0.4, 0.5) is 4.39 Å². The van der Waals surface area contributed by atoms with E-state index in [9.17, 15) is 9.50 Å². The zero-order valence-corrected chi connectivity index (χ0v) is 11.4. The summed E-state index contributed by atoms with van der Waals surface area (Å²) in [5.41, 5.74) is 0. The standard InChI is InChI=1S/C13H15FN2O2S/c1-9(17)2-7-13-15-12(16-18-13)8-19-11-5-3-10(14)4-6-11/h3-6,9,17H,2,7-8H2,1H3. The third-order valence-corrected chi connectivity index (χ3v) is 3.48. The fourth-order valence-electron chi connectivity index (χ4n) is 1.46. The zero-order valence-electron chi connectivity index (χ0n) is 10.5. The molecule has 4 nitrogen and oxygen atoms in total. The Morgan fingerprint density at radius 2 is 2.11 bits per heavy atom. The van der Waals surface area contributed by atoms with Gasteiger partial charge in [-0.05, 0) is 37.6 Å². The molecule has 0 aliphatic carbocycles. The van der Waals surface area contributed by atoms with Gasteiger partial charge in [0.2, 0.25) is 5.89 Å². The number of aryl methyl sites for hydroxylation is 1. The first-order valence-electron chi connectivity index (χ1n) is 6.01. The molecule has 0 saturated carbocycles. The van der Waals surface area contributed by atoms with Crippen molar-refractivity contribution in [2.24, 2.45) is 0 Å². The minimum atomic E-state index is -0.371. The highest BCUT2D eigenvalue weighted by Gasteiger charge is 2.08. The highest BCUT2D eigenvalue weighted by molar-refractivity contribution is 7.98. The van der Waals surface area contributed by atoms with Crippen LogP contribution in [0.2, 0.25) is 0 Å². The monoisotopic (exact) mass is 282 g/mol. The number of hydrogen-bond donors (Lipinski definition) is 1. The van der Waals surface area contributed by atoms with Gasteiger partial charge in [0.1, 0.15) is 5.82 Å². The maximum absolute atomic E-state index is 12.7. The van der Waals surface area contributed by atoms with E-state index in [0.29, 0.717) is 30.3 Å². The normalized spacial score (nSPS) is 12.6. The summed E-state index contributed by atoms with van der Waals surface area (Å²) in [7, 11) is 0.